The Labute approximate surface area is 262 Å². The first kappa shape index (κ1) is 36.3. The molecule has 0 aliphatic heterocycles. The molecule has 0 unspecified atom stereocenters. The summed E-state index contributed by atoms with van der Waals surface area (Å²) < 4.78 is 12.1. The lowest BCUT2D eigenvalue weighted by molar-refractivity contribution is -0.385. The van der Waals surface area contributed by atoms with Gasteiger partial charge in [-0.15, -0.1) is 24.8 Å². The molecule has 3 aromatic carbocycles. The van der Waals surface area contributed by atoms with E-state index in [1.54, 1.807) is 48.7 Å². The molecule has 5 rings (SSSR count). The molecule has 2 aromatic heterocycles. The second-order valence-corrected chi connectivity index (χ2v) is 8.15. The number of anilines is 5. The Morgan fingerprint density at radius 1 is 0.636 bits per heavy atom. The maximum atomic E-state index is 12.1. The van der Waals surface area contributed by atoms with Crippen molar-refractivity contribution in [3.63, 3.8) is 0 Å². The van der Waals surface area contributed by atoms with Crippen LogP contribution in [-0.2, 0) is 0 Å². The summed E-state index contributed by atoms with van der Waals surface area (Å²) in [7, 11) is 0. The molecule has 0 saturated heterocycles. The number of nitrogens with zero attached hydrogens (tertiary/aromatic N) is 4. The van der Waals surface area contributed by atoms with E-state index < -0.39 is 15.7 Å². The molecule has 0 amide bonds. The average molecular weight is 646 g/mol. The molecule has 0 aliphatic carbocycles. The number of aromatic hydroxyl groups is 2. The highest BCUT2D eigenvalue weighted by Gasteiger charge is 2.06. The summed E-state index contributed by atoms with van der Waals surface area (Å²) in [5.41, 5.74) is 7.62. The zero-order valence-electron chi connectivity index (χ0n) is 22.5. The van der Waals surface area contributed by atoms with Crippen molar-refractivity contribution < 1.29 is 24.5 Å². The second kappa shape index (κ2) is 17.9. The van der Waals surface area contributed by atoms with Crippen LogP contribution in [0.3, 0.4) is 0 Å². The van der Waals surface area contributed by atoms with E-state index in [0.29, 0.717) is 23.0 Å². The van der Waals surface area contributed by atoms with Gasteiger partial charge in [0, 0.05) is 53.7 Å². The summed E-state index contributed by atoms with van der Waals surface area (Å²) in [6.45, 7) is 0. The first-order chi connectivity index (χ1) is 20.1. The molecular formula is C28H26Cl2FN7O6. The van der Waals surface area contributed by atoms with Crippen LogP contribution in [0, 0.1) is 26.0 Å². The van der Waals surface area contributed by atoms with Gasteiger partial charge in [-0.2, -0.15) is 0 Å². The van der Waals surface area contributed by atoms with Gasteiger partial charge in [0.15, 0.2) is 23.1 Å². The summed E-state index contributed by atoms with van der Waals surface area (Å²) >= 11 is 0. The normalized spacial score (nSPS) is 9.30. The highest BCUT2D eigenvalue weighted by molar-refractivity contribution is 5.85. The van der Waals surface area contributed by atoms with Crippen LogP contribution in [0.15, 0.2) is 109 Å². The van der Waals surface area contributed by atoms with E-state index in [4.69, 9.17) is 5.73 Å². The van der Waals surface area contributed by atoms with Gasteiger partial charge in [-0.3, -0.25) is 20.2 Å². The van der Waals surface area contributed by atoms with Gasteiger partial charge in [0.1, 0.15) is 5.82 Å². The molecule has 0 atom stereocenters. The minimum atomic E-state index is -0.570. The predicted octanol–water partition coefficient (Wildman–Crippen LogP) is 7.13. The quantitative estimate of drug-likeness (QED) is 0.0713. The molecule has 6 N–H and O–H groups in total. The number of rotatable bonds is 6. The van der Waals surface area contributed by atoms with Crippen LogP contribution in [0.2, 0.25) is 0 Å². The van der Waals surface area contributed by atoms with E-state index in [-0.39, 0.29) is 47.7 Å². The molecule has 0 aliphatic rings. The Morgan fingerprint density at radius 2 is 1.00 bits per heavy atom. The number of hydrogen-bond donors (Lipinski definition) is 5. The van der Waals surface area contributed by atoms with Gasteiger partial charge in [0.05, 0.1) is 9.85 Å². The highest BCUT2D eigenvalue weighted by atomic mass is 35.5. The van der Waals surface area contributed by atoms with Crippen molar-refractivity contribution in [1.29, 1.82) is 0 Å². The Morgan fingerprint density at radius 3 is 1.36 bits per heavy atom. The molecule has 16 heteroatoms. The lowest BCUT2D eigenvalue weighted by Gasteiger charge is -2.06. The van der Waals surface area contributed by atoms with Crippen LogP contribution in [0.1, 0.15) is 0 Å². The van der Waals surface area contributed by atoms with Crippen LogP contribution in [-0.4, -0.2) is 30.0 Å². The number of aromatic nitrogens is 2. The number of nitro benzene ring substituents is 2. The van der Waals surface area contributed by atoms with Gasteiger partial charge in [-0.25, -0.2) is 14.4 Å². The zero-order valence-corrected chi connectivity index (χ0v) is 24.1. The Bertz CT molecular complexity index is 1630. The molecule has 0 bridgehead atoms. The summed E-state index contributed by atoms with van der Waals surface area (Å²) in [5, 5.41) is 45.2. The fourth-order valence-electron chi connectivity index (χ4n) is 3.06. The van der Waals surface area contributed by atoms with E-state index in [0.717, 1.165) is 30.0 Å². The van der Waals surface area contributed by atoms with Crippen molar-refractivity contribution in [3.8, 4) is 11.5 Å². The van der Waals surface area contributed by atoms with Gasteiger partial charge >= 0.3 is 0 Å². The molecular weight excluding hydrogens is 620 g/mol. The third-order valence-corrected chi connectivity index (χ3v) is 5.12. The molecule has 0 fully saturated rings. The summed E-state index contributed by atoms with van der Waals surface area (Å²) in [5.74, 6) is 0.411. The molecule has 230 valence electrons. The van der Waals surface area contributed by atoms with E-state index in [1.165, 1.54) is 24.4 Å². The van der Waals surface area contributed by atoms with E-state index in [1.807, 2.05) is 12.1 Å². The van der Waals surface area contributed by atoms with Crippen LogP contribution in [0.4, 0.5) is 44.5 Å². The van der Waals surface area contributed by atoms with Gasteiger partial charge < -0.3 is 26.6 Å². The number of halogens is 3. The average Bonchev–Trinajstić information content (AvgIpc) is 2.98. The number of nitrogens with two attached hydrogens (primary N) is 1. The minimum absolute atomic E-state index is 0. The summed E-state index contributed by atoms with van der Waals surface area (Å²) in [6, 6.07) is 23.8. The number of nitro groups is 2. The predicted molar refractivity (Wildman–Crippen MR) is 170 cm³/mol. The van der Waals surface area contributed by atoms with Gasteiger partial charge in [0.2, 0.25) is 0 Å². The van der Waals surface area contributed by atoms with Crippen molar-refractivity contribution >= 4 is 64.9 Å². The molecule has 0 saturated carbocycles. The Kier molecular flexibility index (Phi) is 14.8. The van der Waals surface area contributed by atoms with Gasteiger partial charge in [-0.1, -0.05) is 0 Å². The first-order valence-corrected chi connectivity index (χ1v) is 11.9. The SMILES string of the molecule is Cl.Cl.Nc1ccc(Nc2ncccc2O)cc1.O=[N+]([O-])c1ccc(F)cc1.O=[N+]([O-])c1ccc(Nc2ncccc2O)cc1. The second-order valence-electron chi connectivity index (χ2n) is 8.15. The van der Waals surface area contributed by atoms with Crippen molar-refractivity contribution in [1.82, 2.24) is 9.97 Å². The number of non-ortho nitro benzene ring substituents is 2. The lowest BCUT2D eigenvalue weighted by atomic mass is 10.3. The number of hydrogen-bond acceptors (Lipinski definition) is 11. The fraction of sp³-hybridized carbons (Fsp3) is 0. The molecule has 44 heavy (non-hydrogen) atoms. The van der Waals surface area contributed by atoms with Crippen molar-refractivity contribution in [2.24, 2.45) is 0 Å². The minimum Gasteiger partial charge on any atom is -0.504 e. The van der Waals surface area contributed by atoms with Crippen molar-refractivity contribution in [2.75, 3.05) is 16.4 Å². The largest absolute Gasteiger partial charge is 0.504 e. The third kappa shape index (κ3) is 11.6. The molecule has 0 spiro atoms. The van der Waals surface area contributed by atoms with Crippen molar-refractivity contribution in [3.05, 3.63) is 136 Å². The van der Waals surface area contributed by atoms with Crippen LogP contribution < -0.4 is 16.4 Å². The maximum Gasteiger partial charge on any atom is 0.269 e. The Hall–Kier alpha value is -5.73. The van der Waals surface area contributed by atoms with Gasteiger partial charge in [0.25, 0.3) is 11.4 Å². The maximum absolute atomic E-state index is 12.1. The summed E-state index contributed by atoms with van der Waals surface area (Å²) in [6.07, 6.45) is 3.15. The highest BCUT2D eigenvalue weighted by Crippen LogP contribution is 2.25. The van der Waals surface area contributed by atoms with Crippen LogP contribution >= 0.6 is 24.8 Å². The van der Waals surface area contributed by atoms with E-state index >= 15 is 0 Å². The monoisotopic (exact) mass is 645 g/mol. The third-order valence-electron chi connectivity index (χ3n) is 5.12. The van der Waals surface area contributed by atoms with E-state index in [2.05, 4.69) is 20.6 Å². The molecule has 5 aromatic rings. The number of nitrogens with one attached hydrogen (secondary N) is 2. The molecule has 2 heterocycles. The van der Waals surface area contributed by atoms with Gasteiger partial charge in [-0.05, 0) is 72.8 Å². The summed E-state index contributed by atoms with van der Waals surface area (Å²) in [4.78, 5) is 27.4. The Balaban J connectivity index is 0.000000333. The topological polar surface area (TPSA) is 203 Å². The van der Waals surface area contributed by atoms with Crippen LogP contribution in [0.5, 0.6) is 11.5 Å². The fourth-order valence-corrected chi connectivity index (χ4v) is 3.06. The first-order valence-electron chi connectivity index (χ1n) is 11.9. The number of pyridine rings is 2. The smallest absolute Gasteiger partial charge is 0.269 e. The molecule has 0 radical (unpaired) electrons. The van der Waals surface area contributed by atoms with E-state index in [9.17, 15) is 34.8 Å². The zero-order chi connectivity index (χ0) is 30.5. The number of nitrogen functional groups attached to an aromatic ring is 1. The van der Waals surface area contributed by atoms with Crippen molar-refractivity contribution in [2.45, 2.75) is 0 Å². The lowest BCUT2D eigenvalue weighted by Crippen LogP contribution is -1.94. The number of benzene rings is 3. The standard InChI is InChI=1S/C11H9N3O3.C11H11N3O.C6H4FNO2.2ClH/c15-10-2-1-7-12-11(10)13-8-3-5-9(6-4-8)14(16)17;12-8-3-5-9(6-4-8)14-11-10(15)2-1-7-13-11;7-5-1-3-6(4-2-5)8(9)10;;/h1-7,15H,(H,12,13);1-7,15H,12H2,(H,13,14);1-4H;2*1H. The molecule has 13 nitrogen and oxygen atoms in total. The van der Waals surface area contributed by atoms with Crippen LogP contribution in [0.25, 0.3) is 0 Å².